The molecule has 0 radical (unpaired) electrons. The van der Waals surface area contributed by atoms with Crippen LogP contribution in [0.5, 0.6) is 0 Å². The molecule has 2 bridgehead atoms. The highest BCUT2D eigenvalue weighted by Crippen LogP contribution is 2.60. The quantitative estimate of drug-likeness (QED) is 0.322. The highest BCUT2D eigenvalue weighted by Gasteiger charge is 2.65. The topological polar surface area (TPSA) is 61.8 Å². The third-order valence-electron chi connectivity index (χ3n) is 8.44. The minimum atomic E-state index is -2.19. The first-order chi connectivity index (χ1) is 14.3. The van der Waals surface area contributed by atoms with Gasteiger partial charge in [0.15, 0.2) is 14.1 Å². The Morgan fingerprint density at radius 2 is 1.68 bits per heavy atom. The average molecular weight is 453 g/mol. The molecule has 1 saturated carbocycles. The number of Topliss-reactive ketones (excluding diaryl/α,β-unsaturated/α-hetero) is 1. The Hall–Kier alpha value is -1.14. The standard InChI is InChI=1S/C25H44O5Si/c1-16(2)31(17(3)4,18(5)6)30-15-25-22(28-10)12-11-20(23(25)27)13-21(24(25,8)9)14-29-19(7)26/h12,16-18,20-21H,11,13-15H2,1-10H3/t20?,21-,25+/m1/s1. The van der Waals surface area contributed by atoms with Crippen LogP contribution < -0.4 is 0 Å². The second kappa shape index (κ2) is 9.38. The van der Waals surface area contributed by atoms with Crippen LogP contribution in [0.4, 0.5) is 0 Å². The van der Waals surface area contributed by atoms with Gasteiger partial charge >= 0.3 is 5.97 Å². The number of rotatable bonds is 9. The van der Waals surface area contributed by atoms with Gasteiger partial charge in [0.25, 0.3) is 0 Å². The lowest BCUT2D eigenvalue weighted by molar-refractivity contribution is -0.166. The van der Waals surface area contributed by atoms with Gasteiger partial charge in [-0.15, -0.1) is 0 Å². The predicted octanol–water partition coefficient (Wildman–Crippen LogP) is 5.89. The van der Waals surface area contributed by atoms with Crippen LogP contribution >= 0.6 is 0 Å². The van der Waals surface area contributed by atoms with E-state index in [2.05, 4.69) is 61.5 Å². The number of methoxy groups -OCH3 is 1. The molecule has 5 nitrogen and oxygen atoms in total. The molecule has 2 aliphatic carbocycles. The van der Waals surface area contributed by atoms with Crippen molar-refractivity contribution < 1.29 is 23.5 Å². The number of carbonyl (C=O) groups excluding carboxylic acids is 2. The maximum absolute atomic E-state index is 13.9. The van der Waals surface area contributed by atoms with Gasteiger partial charge in [0, 0.05) is 18.8 Å². The number of hydrogen-bond donors (Lipinski definition) is 0. The van der Waals surface area contributed by atoms with E-state index in [-0.39, 0.29) is 23.6 Å². The molecular formula is C25H44O5Si. The molecule has 0 spiro atoms. The lowest BCUT2D eigenvalue weighted by Gasteiger charge is -2.58. The SMILES string of the molecule is COC1=CCC2C[C@H](COC(C)=O)C(C)(C)[C@]1(CO[Si](C(C)C)(C(C)C)C(C)C)C2=O. The first-order valence-corrected chi connectivity index (χ1v) is 14.0. The summed E-state index contributed by atoms with van der Waals surface area (Å²) < 4.78 is 18.4. The number of fused-ring (bicyclic) bond motifs is 2. The van der Waals surface area contributed by atoms with E-state index < -0.39 is 19.1 Å². The highest BCUT2D eigenvalue weighted by molar-refractivity contribution is 6.77. The van der Waals surface area contributed by atoms with Gasteiger partial charge in [-0.2, -0.15) is 0 Å². The Kier molecular flexibility index (Phi) is 7.90. The summed E-state index contributed by atoms with van der Waals surface area (Å²) in [7, 11) is -0.528. The monoisotopic (exact) mass is 452 g/mol. The first kappa shape index (κ1) is 26.1. The number of ketones is 1. The largest absolute Gasteiger partial charge is 0.500 e. The summed E-state index contributed by atoms with van der Waals surface area (Å²) in [5, 5.41) is 0. The smallest absolute Gasteiger partial charge is 0.302 e. The number of allylic oxidation sites excluding steroid dienone is 1. The number of carbonyl (C=O) groups is 2. The molecule has 2 rings (SSSR count). The Labute approximate surface area is 190 Å². The third kappa shape index (κ3) is 4.15. The van der Waals surface area contributed by atoms with Crippen LogP contribution in [-0.4, -0.2) is 40.4 Å². The number of esters is 1. The van der Waals surface area contributed by atoms with Crippen molar-refractivity contribution >= 4 is 20.1 Å². The molecule has 0 N–H and O–H groups in total. The normalized spacial score (nSPS) is 28.2. The van der Waals surface area contributed by atoms with Crippen LogP contribution in [0.1, 0.15) is 75.2 Å². The molecule has 2 aliphatic rings. The molecule has 1 fully saturated rings. The van der Waals surface area contributed by atoms with Crippen molar-refractivity contribution in [2.75, 3.05) is 20.3 Å². The minimum absolute atomic E-state index is 0.0646. The van der Waals surface area contributed by atoms with Crippen molar-refractivity contribution in [3.63, 3.8) is 0 Å². The summed E-state index contributed by atoms with van der Waals surface area (Å²) in [4.78, 5) is 25.5. The first-order valence-electron chi connectivity index (χ1n) is 11.8. The maximum Gasteiger partial charge on any atom is 0.302 e. The van der Waals surface area contributed by atoms with Crippen molar-refractivity contribution in [3.8, 4) is 0 Å². The van der Waals surface area contributed by atoms with E-state index in [4.69, 9.17) is 13.9 Å². The zero-order valence-electron chi connectivity index (χ0n) is 21.3. The Morgan fingerprint density at radius 1 is 1.13 bits per heavy atom. The minimum Gasteiger partial charge on any atom is -0.500 e. The lowest BCUT2D eigenvalue weighted by atomic mass is 9.47. The second-order valence-corrected chi connectivity index (χ2v) is 16.5. The summed E-state index contributed by atoms with van der Waals surface area (Å²) in [5.74, 6) is 0.663. The molecule has 178 valence electrons. The Morgan fingerprint density at radius 3 is 2.13 bits per heavy atom. The van der Waals surface area contributed by atoms with Gasteiger partial charge < -0.3 is 13.9 Å². The molecule has 0 aromatic carbocycles. The van der Waals surface area contributed by atoms with Crippen LogP contribution in [0.15, 0.2) is 11.8 Å². The van der Waals surface area contributed by atoms with Gasteiger partial charge in [-0.25, -0.2) is 0 Å². The van der Waals surface area contributed by atoms with Gasteiger partial charge in [0.1, 0.15) is 11.2 Å². The Balaban J connectivity index is 2.56. The van der Waals surface area contributed by atoms with E-state index in [9.17, 15) is 9.59 Å². The second-order valence-electron chi connectivity index (χ2n) is 11.0. The third-order valence-corrected chi connectivity index (χ3v) is 14.5. The number of ether oxygens (including phenoxy) is 2. The van der Waals surface area contributed by atoms with Crippen LogP contribution in [-0.2, 0) is 23.5 Å². The fourth-order valence-corrected chi connectivity index (χ4v) is 12.1. The van der Waals surface area contributed by atoms with Crippen molar-refractivity contribution in [3.05, 3.63) is 11.8 Å². The van der Waals surface area contributed by atoms with Gasteiger partial charge in [0.2, 0.25) is 0 Å². The molecular weight excluding hydrogens is 408 g/mol. The van der Waals surface area contributed by atoms with Crippen molar-refractivity contribution in [1.82, 2.24) is 0 Å². The van der Waals surface area contributed by atoms with E-state index in [1.54, 1.807) is 7.11 Å². The Bertz CT molecular complexity index is 687. The summed E-state index contributed by atoms with van der Waals surface area (Å²) >= 11 is 0. The van der Waals surface area contributed by atoms with E-state index in [1.807, 2.05) is 0 Å². The van der Waals surface area contributed by atoms with Crippen LogP contribution in [0.25, 0.3) is 0 Å². The van der Waals surface area contributed by atoms with E-state index in [1.165, 1.54) is 6.92 Å². The molecule has 6 heteroatoms. The molecule has 0 aliphatic heterocycles. The highest BCUT2D eigenvalue weighted by atomic mass is 28.4. The molecule has 3 atom stereocenters. The zero-order chi connectivity index (χ0) is 23.8. The predicted molar refractivity (Wildman–Crippen MR) is 126 cm³/mol. The van der Waals surface area contributed by atoms with E-state index >= 15 is 0 Å². The van der Waals surface area contributed by atoms with E-state index in [0.29, 0.717) is 36.3 Å². The maximum atomic E-state index is 13.9. The van der Waals surface area contributed by atoms with Crippen LogP contribution in [0, 0.1) is 22.7 Å². The zero-order valence-corrected chi connectivity index (χ0v) is 22.3. The molecule has 0 aromatic heterocycles. The van der Waals surface area contributed by atoms with Crippen molar-refractivity contribution in [2.45, 2.75) is 91.8 Å². The molecule has 0 saturated heterocycles. The fraction of sp³-hybridized carbons (Fsp3) is 0.840. The van der Waals surface area contributed by atoms with Crippen LogP contribution in [0.3, 0.4) is 0 Å². The van der Waals surface area contributed by atoms with Gasteiger partial charge in [-0.1, -0.05) is 55.4 Å². The van der Waals surface area contributed by atoms with Crippen molar-refractivity contribution in [1.29, 1.82) is 0 Å². The van der Waals surface area contributed by atoms with Gasteiger partial charge in [-0.3, -0.25) is 9.59 Å². The summed E-state index contributed by atoms with van der Waals surface area (Å²) in [5.41, 5.74) is -0.0423. The molecule has 0 heterocycles. The lowest BCUT2D eigenvalue weighted by Crippen LogP contribution is -2.63. The van der Waals surface area contributed by atoms with Gasteiger partial charge in [0.05, 0.1) is 20.3 Å². The molecule has 31 heavy (non-hydrogen) atoms. The van der Waals surface area contributed by atoms with Crippen molar-refractivity contribution in [2.24, 2.45) is 22.7 Å². The molecule has 0 aromatic rings. The van der Waals surface area contributed by atoms with Gasteiger partial charge in [-0.05, 0) is 41.0 Å². The van der Waals surface area contributed by atoms with E-state index in [0.717, 1.165) is 12.2 Å². The summed E-state index contributed by atoms with van der Waals surface area (Å²) in [6.45, 7) is 19.9. The molecule has 0 amide bonds. The number of hydrogen-bond acceptors (Lipinski definition) is 5. The average Bonchev–Trinajstić information content (AvgIpc) is 2.65. The van der Waals surface area contributed by atoms with Crippen LogP contribution in [0.2, 0.25) is 16.6 Å². The summed E-state index contributed by atoms with van der Waals surface area (Å²) in [6.07, 6.45) is 3.51. The fourth-order valence-electron chi connectivity index (χ4n) is 6.64. The summed E-state index contributed by atoms with van der Waals surface area (Å²) in [6, 6.07) is 0. The molecule has 1 unspecified atom stereocenters.